The third-order valence-electron chi connectivity index (χ3n) is 10.2. The van der Waals surface area contributed by atoms with Gasteiger partial charge in [0.1, 0.15) is 11.6 Å². The third kappa shape index (κ3) is 4.63. The molecular formula is C33H45N3O5. The van der Waals surface area contributed by atoms with Crippen molar-refractivity contribution in [3.8, 4) is 0 Å². The largest absolute Gasteiger partial charge is 0.394 e. The molecule has 8 heteroatoms. The van der Waals surface area contributed by atoms with E-state index in [0.717, 1.165) is 37.7 Å². The maximum atomic E-state index is 14.9. The summed E-state index contributed by atoms with van der Waals surface area (Å²) in [6, 6.07) is 7.73. The van der Waals surface area contributed by atoms with Gasteiger partial charge in [-0.25, -0.2) is 0 Å². The van der Waals surface area contributed by atoms with Crippen LogP contribution >= 0.6 is 0 Å². The average molecular weight is 564 g/mol. The Morgan fingerprint density at radius 1 is 1.10 bits per heavy atom. The predicted octanol–water partition coefficient (Wildman–Crippen LogP) is 3.87. The molecule has 1 aromatic carbocycles. The summed E-state index contributed by atoms with van der Waals surface area (Å²) >= 11 is 0. The summed E-state index contributed by atoms with van der Waals surface area (Å²) in [7, 11) is 1.72. The molecule has 2 bridgehead atoms. The quantitative estimate of drug-likeness (QED) is 0.413. The van der Waals surface area contributed by atoms with Gasteiger partial charge in [0.2, 0.25) is 17.7 Å². The molecule has 41 heavy (non-hydrogen) atoms. The molecule has 3 heterocycles. The van der Waals surface area contributed by atoms with Crippen molar-refractivity contribution < 1.29 is 24.2 Å². The molecule has 1 saturated carbocycles. The second kappa shape index (κ2) is 11.7. The van der Waals surface area contributed by atoms with Gasteiger partial charge in [0, 0.05) is 26.2 Å². The number of benzene rings is 1. The zero-order valence-corrected chi connectivity index (χ0v) is 24.5. The molecule has 4 aliphatic rings. The summed E-state index contributed by atoms with van der Waals surface area (Å²) in [6.45, 7) is 10.1. The Hall–Kier alpha value is -2.97. The highest BCUT2D eigenvalue weighted by molar-refractivity contribution is 5.99. The van der Waals surface area contributed by atoms with Gasteiger partial charge in [-0.1, -0.05) is 68.7 Å². The maximum absolute atomic E-state index is 14.9. The minimum Gasteiger partial charge on any atom is -0.394 e. The van der Waals surface area contributed by atoms with E-state index in [2.05, 4.69) is 13.2 Å². The third-order valence-corrected chi connectivity index (χ3v) is 10.2. The van der Waals surface area contributed by atoms with E-state index in [-0.39, 0.29) is 30.4 Å². The second-order valence-electron chi connectivity index (χ2n) is 12.3. The summed E-state index contributed by atoms with van der Waals surface area (Å²) in [6.07, 6.45) is 10.2. The van der Waals surface area contributed by atoms with E-state index < -0.39 is 35.1 Å². The Morgan fingerprint density at radius 3 is 2.39 bits per heavy atom. The summed E-state index contributed by atoms with van der Waals surface area (Å²) in [5.74, 6) is -2.12. The second-order valence-corrected chi connectivity index (χ2v) is 12.3. The van der Waals surface area contributed by atoms with Gasteiger partial charge in [-0.2, -0.15) is 0 Å². The van der Waals surface area contributed by atoms with E-state index in [0.29, 0.717) is 32.4 Å². The van der Waals surface area contributed by atoms with E-state index in [1.165, 1.54) is 0 Å². The van der Waals surface area contributed by atoms with E-state index in [4.69, 9.17) is 4.74 Å². The number of aliphatic hydroxyl groups is 1. The van der Waals surface area contributed by atoms with Crippen molar-refractivity contribution in [1.82, 2.24) is 14.7 Å². The molecule has 1 spiro atoms. The number of ether oxygens (including phenoxy) is 1. The first-order valence-electron chi connectivity index (χ1n) is 15.3. The van der Waals surface area contributed by atoms with Crippen LogP contribution in [-0.4, -0.2) is 87.6 Å². The standard InChI is InChI=1S/C33H45N3O5/c1-5-20-34(4)29(38)26-27-30(39)36(25(22-37)23-14-10-8-11-15-23)28(33(27)19-18-32(26,7-3)41-33)31(40)35(21-6-2)24-16-12-9-13-17-24/h5-6,8,10-11,14-15,24-28,37H,1-2,7,9,12-13,16-22H2,3-4H3/t25-,26+,27+,28?,32-,33?/m1/s1. The molecule has 4 fully saturated rings. The van der Waals surface area contributed by atoms with E-state index in [1.54, 1.807) is 29.0 Å². The molecule has 222 valence electrons. The first kappa shape index (κ1) is 29.5. The van der Waals surface area contributed by atoms with Gasteiger partial charge in [0.25, 0.3) is 0 Å². The normalized spacial score (nSPS) is 31.5. The van der Waals surface area contributed by atoms with Gasteiger partial charge in [0.15, 0.2) is 0 Å². The van der Waals surface area contributed by atoms with Crippen molar-refractivity contribution in [2.24, 2.45) is 11.8 Å². The Kier molecular flexibility index (Phi) is 8.44. The first-order valence-corrected chi connectivity index (χ1v) is 15.3. The Bertz CT molecular complexity index is 1170. The van der Waals surface area contributed by atoms with Crippen LogP contribution in [0.3, 0.4) is 0 Å². The lowest BCUT2D eigenvalue weighted by Crippen LogP contribution is -2.59. The molecule has 1 N–H and O–H groups in total. The molecule has 1 aliphatic carbocycles. The fourth-order valence-electron chi connectivity index (χ4n) is 8.30. The molecule has 5 rings (SSSR count). The summed E-state index contributed by atoms with van der Waals surface area (Å²) in [5.41, 5.74) is -1.21. The van der Waals surface area contributed by atoms with Crippen LogP contribution in [0.4, 0.5) is 0 Å². The van der Waals surface area contributed by atoms with Crippen molar-refractivity contribution in [2.75, 3.05) is 26.7 Å². The average Bonchev–Trinajstić information content (AvgIpc) is 3.60. The fourth-order valence-corrected chi connectivity index (χ4v) is 8.30. The number of hydrogen-bond donors (Lipinski definition) is 1. The smallest absolute Gasteiger partial charge is 0.248 e. The lowest BCUT2D eigenvalue weighted by Gasteiger charge is -2.42. The maximum Gasteiger partial charge on any atom is 0.248 e. The summed E-state index contributed by atoms with van der Waals surface area (Å²) < 4.78 is 6.97. The molecule has 3 saturated heterocycles. The number of nitrogens with zero attached hydrogens (tertiary/aromatic N) is 3. The predicted molar refractivity (Wildman–Crippen MR) is 157 cm³/mol. The van der Waals surface area contributed by atoms with E-state index in [9.17, 15) is 19.5 Å². The molecule has 3 amide bonds. The number of likely N-dealkylation sites (N-methyl/N-ethyl adjacent to an activating group) is 1. The minimum absolute atomic E-state index is 0.0563. The lowest BCUT2D eigenvalue weighted by atomic mass is 9.64. The Morgan fingerprint density at radius 2 is 1.78 bits per heavy atom. The van der Waals surface area contributed by atoms with Crippen molar-refractivity contribution >= 4 is 17.7 Å². The van der Waals surface area contributed by atoms with Crippen LogP contribution in [0, 0.1) is 11.8 Å². The number of fused-ring (bicyclic) bond motifs is 1. The number of amides is 3. The zero-order valence-electron chi connectivity index (χ0n) is 24.5. The summed E-state index contributed by atoms with van der Waals surface area (Å²) in [4.78, 5) is 48.7. The van der Waals surface area contributed by atoms with Gasteiger partial charge in [-0.15, -0.1) is 13.2 Å². The molecule has 1 aromatic rings. The molecule has 0 aromatic heterocycles. The molecule has 8 nitrogen and oxygen atoms in total. The molecule has 3 aliphatic heterocycles. The van der Waals surface area contributed by atoms with Crippen molar-refractivity contribution in [3.05, 3.63) is 61.2 Å². The Balaban J connectivity index is 1.65. The molecule has 0 radical (unpaired) electrons. The lowest BCUT2D eigenvalue weighted by molar-refractivity contribution is -0.159. The van der Waals surface area contributed by atoms with Crippen LogP contribution in [0.15, 0.2) is 55.6 Å². The van der Waals surface area contributed by atoms with Crippen LogP contribution in [0.2, 0.25) is 0 Å². The zero-order chi connectivity index (χ0) is 29.4. The number of likely N-dealkylation sites (tertiary alicyclic amines) is 1. The van der Waals surface area contributed by atoms with Crippen LogP contribution in [0.5, 0.6) is 0 Å². The highest BCUT2D eigenvalue weighted by Crippen LogP contribution is 2.65. The van der Waals surface area contributed by atoms with Gasteiger partial charge in [-0.3, -0.25) is 14.4 Å². The number of hydrogen-bond acceptors (Lipinski definition) is 5. The SMILES string of the molecule is C=CCN(C)C(=O)[C@@H]1[C@H]2C(=O)N([C@H](CO)c3ccccc3)C(C(=O)N(CC=C)C3CCCCC3)C23CC[C@@]1(CC)O3. The highest BCUT2D eigenvalue weighted by atomic mass is 16.5. The fraction of sp³-hybridized carbons (Fsp3) is 0.606. The summed E-state index contributed by atoms with van der Waals surface area (Å²) in [5, 5.41) is 10.7. The van der Waals surface area contributed by atoms with Gasteiger partial charge in [-0.05, 0) is 37.7 Å². The Labute approximate surface area is 244 Å². The van der Waals surface area contributed by atoms with Gasteiger partial charge in [0.05, 0.1) is 30.1 Å². The van der Waals surface area contributed by atoms with E-state index >= 15 is 0 Å². The molecule has 6 atom stereocenters. The number of aliphatic hydroxyl groups excluding tert-OH is 1. The number of carbonyl (C=O) groups is 3. The van der Waals surface area contributed by atoms with Crippen LogP contribution in [0.25, 0.3) is 0 Å². The van der Waals surface area contributed by atoms with Crippen molar-refractivity contribution in [3.63, 3.8) is 0 Å². The highest BCUT2D eigenvalue weighted by Gasteiger charge is 2.79. The first-order chi connectivity index (χ1) is 19.8. The van der Waals surface area contributed by atoms with Crippen molar-refractivity contribution in [1.29, 1.82) is 0 Å². The van der Waals surface area contributed by atoms with Crippen LogP contribution in [0.1, 0.15) is 69.9 Å². The molecule has 2 unspecified atom stereocenters. The van der Waals surface area contributed by atoms with E-state index in [1.807, 2.05) is 42.2 Å². The van der Waals surface area contributed by atoms with Crippen molar-refractivity contribution in [2.45, 2.75) is 87.6 Å². The topological polar surface area (TPSA) is 90.4 Å². The number of rotatable bonds is 11. The minimum atomic E-state index is -1.14. The van der Waals surface area contributed by atoms with Gasteiger partial charge >= 0.3 is 0 Å². The van der Waals surface area contributed by atoms with Crippen LogP contribution < -0.4 is 0 Å². The number of carbonyl (C=O) groups excluding carboxylic acids is 3. The monoisotopic (exact) mass is 563 g/mol. The van der Waals surface area contributed by atoms with Crippen LogP contribution in [-0.2, 0) is 19.1 Å². The molecular weight excluding hydrogens is 518 g/mol. The van der Waals surface area contributed by atoms with Gasteiger partial charge < -0.3 is 24.5 Å².